The van der Waals surface area contributed by atoms with Crippen molar-refractivity contribution in [2.24, 2.45) is 0 Å². The van der Waals surface area contributed by atoms with Gasteiger partial charge in [-0.15, -0.1) is 0 Å². The molecule has 0 aliphatic heterocycles. The SMILES string of the molecule is Cc1ccc(/C=C(\C#N)C(=O)OCC(=O)NCCc2ccccc2F)cc1. The number of carbonyl (C=O) groups excluding carboxylic acids is 2. The summed E-state index contributed by atoms with van der Waals surface area (Å²) in [6.45, 7) is 1.63. The summed E-state index contributed by atoms with van der Waals surface area (Å²) in [4.78, 5) is 23.7. The number of rotatable bonds is 7. The molecule has 27 heavy (non-hydrogen) atoms. The van der Waals surface area contributed by atoms with Gasteiger partial charge in [0.15, 0.2) is 6.61 Å². The standard InChI is InChI=1S/C21H19FN2O3/c1-15-6-8-16(9-7-15)12-18(13-23)21(26)27-14-20(25)24-11-10-17-4-2-3-5-19(17)22/h2-9,12H,10-11,14H2,1H3,(H,24,25)/b18-12+. The molecule has 5 nitrogen and oxygen atoms in total. The van der Waals surface area contributed by atoms with Gasteiger partial charge in [0.25, 0.3) is 5.91 Å². The number of ether oxygens (including phenoxy) is 1. The van der Waals surface area contributed by atoms with Crippen molar-refractivity contribution in [1.29, 1.82) is 5.26 Å². The van der Waals surface area contributed by atoms with Crippen molar-refractivity contribution in [2.45, 2.75) is 13.3 Å². The zero-order valence-electron chi connectivity index (χ0n) is 14.9. The summed E-state index contributed by atoms with van der Waals surface area (Å²) < 4.78 is 18.3. The number of esters is 1. The fourth-order valence-electron chi connectivity index (χ4n) is 2.26. The Hall–Kier alpha value is -3.46. The third-order valence-electron chi connectivity index (χ3n) is 3.74. The minimum absolute atomic E-state index is 0.196. The minimum atomic E-state index is -0.873. The van der Waals surface area contributed by atoms with E-state index in [0.717, 1.165) is 5.56 Å². The zero-order valence-corrected chi connectivity index (χ0v) is 14.9. The van der Waals surface area contributed by atoms with E-state index in [1.165, 1.54) is 12.1 Å². The van der Waals surface area contributed by atoms with Gasteiger partial charge in [-0.2, -0.15) is 5.26 Å². The Morgan fingerprint density at radius 1 is 1.19 bits per heavy atom. The summed E-state index contributed by atoms with van der Waals surface area (Å²) in [6, 6.07) is 15.3. The third kappa shape index (κ3) is 6.40. The molecule has 0 aliphatic carbocycles. The first-order chi connectivity index (χ1) is 13.0. The maximum atomic E-state index is 13.5. The number of nitrogens with one attached hydrogen (secondary N) is 1. The third-order valence-corrected chi connectivity index (χ3v) is 3.74. The van der Waals surface area contributed by atoms with E-state index in [1.807, 2.05) is 19.1 Å². The number of carbonyl (C=O) groups is 2. The van der Waals surface area contributed by atoms with Crippen molar-refractivity contribution in [3.8, 4) is 6.07 Å². The first kappa shape index (κ1) is 19.9. The second kappa shape index (κ2) is 9.88. The topological polar surface area (TPSA) is 79.2 Å². The number of benzene rings is 2. The smallest absolute Gasteiger partial charge is 0.349 e. The van der Waals surface area contributed by atoms with Gasteiger partial charge in [0.05, 0.1) is 0 Å². The van der Waals surface area contributed by atoms with E-state index < -0.39 is 18.5 Å². The molecule has 0 saturated heterocycles. The average Bonchev–Trinajstić information content (AvgIpc) is 2.67. The molecule has 6 heteroatoms. The van der Waals surface area contributed by atoms with Gasteiger partial charge in [0, 0.05) is 6.54 Å². The fourth-order valence-corrected chi connectivity index (χ4v) is 2.26. The molecule has 1 N–H and O–H groups in total. The van der Waals surface area contributed by atoms with Gasteiger partial charge >= 0.3 is 5.97 Å². The summed E-state index contributed by atoms with van der Waals surface area (Å²) in [6.07, 6.45) is 1.72. The molecule has 138 valence electrons. The maximum absolute atomic E-state index is 13.5. The van der Waals surface area contributed by atoms with Crippen LogP contribution in [0.4, 0.5) is 4.39 Å². The van der Waals surface area contributed by atoms with Crippen LogP contribution in [0.2, 0.25) is 0 Å². The predicted molar refractivity (Wildman–Crippen MR) is 98.8 cm³/mol. The predicted octanol–water partition coefficient (Wildman–Crippen LogP) is 2.94. The lowest BCUT2D eigenvalue weighted by Crippen LogP contribution is -2.30. The van der Waals surface area contributed by atoms with Crippen LogP contribution in [0.1, 0.15) is 16.7 Å². The van der Waals surface area contributed by atoms with Crippen LogP contribution in [-0.2, 0) is 20.7 Å². The molecule has 2 aromatic carbocycles. The van der Waals surface area contributed by atoms with E-state index in [-0.39, 0.29) is 17.9 Å². The normalized spacial score (nSPS) is 10.8. The maximum Gasteiger partial charge on any atom is 0.349 e. The molecule has 0 radical (unpaired) electrons. The summed E-state index contributed by atoms with van der Waals surface area (Å²) in [5.41, 5.74) is 2.03. The van der Waals surface area contributed by atoms with Gasteiger partial charge in [0.1, 0.15) is 17.5 Å². The van der Waals surface area contributed by atoms with Crippen LogP contribution in [0.25, 0.3) is 6.08 Å². The molecular formula is C21H19FN2O3. The highest BCUT2D eigenvalue weighted by atomic mass is 19.1. The summed E-state index contributed by atoms with van der Waals surface area (Å²) in [5.74, 6) is -1.73. The van der Waals surface area contributed by atoms with Crippen LogP contribution in [0, 0.1) is 24.1 Å². The van der Waals surface area contributed by atoms with Gasteiger partial charge in [-0.25, -0.2) is 9.18 Å². The Balaban J connectivity index is 1.81. The van der Waals surface area contributed by atoms with E-state index in [0.29, 0.717) is 17.5 Å². The Kier molecular flexibility index (Phi) is 7.26. The molecule has 0 fully saturated rings. The second-order valence-corrected chi connectivity index (χ2v) is 5.85. The number of nitriles is 1. The molecule has 0 atom stereocenters. The monoisotopic (exact) mass is 366 g/mol. The van der Waals surface area contributed by atoms with Gasteiger partial charge in [-0.1, -0.05) is 48.0 Å². The van der Waals surface area contributed by atoms with Crippen LogP contribution in [0.3, 0.4) is 0 Å². The van der Waals surface area contributed by atoms with Gasteiger partial charge in [0.2, 0.25) is 0 Å². The van der Waals surface area contributed by atoms with E-state index >= 15 is 0 Å². The van der Waals surface area contributed by atoms with Crippen LogP contribution in [0.15, 0.2) is 54.1 Å². The number of amides is 1. The molecule has 1 amide bonds. The Bertz CT molecular complexity index is 883. The Labute approximate surface area is 157 Å². The van der Waals surface area contributed by atoms with Crippen LogP contribution in [-0.4, -0.2) is 25.0 Å². The lowest BCUT2D eigenvalue weighted by Gasteiger charge is -2.07. The van der Waals surface area contributed by atoms with E-state index in [2.05, 4.69) is 5.32 Å². The highest BCUT2D eigenvalue weighted by Gasteiger charge is 2.13. The van der Waals surface area contributed by atoms with E-state index in [4.69, 9.17) is 10.00 Å². The lowest BCUT2D eigenvalue weighted by molar-refractivity contribution is -0.144. The quantitative estimate of drug-likeness (QED) is 0.464. The molecule has 0 saturated carbocycles. The first-order valence-corrected chi connectivity index (χ1v) is 8.35. The molecule has 0 aromatic heterocycles. The summed E-state index contributed by atoms with van der Waals surface area (Å²) in [7, 11) is 0. The molecular weight excluding hydrogens is 347 g/mol. The number of hydrogen-bond donors (Lipinski definition) is 1. The van der Waals surface area contributed by atoms with Gasteiger partial charge in [-0.3, -0.25) is 4.79 Å². The average molecular weight is 366 g/mol. The van der Waals surface area contributed by atoms with Crippen molar-refractivity contribution in [3.63, 3.8) is 0 Å². The van der Waals surface area contributed by atoms with Crippen molar-refractivity contribution < 1.29 is 18.7 Å². The molecule has 0 bridgehead atoms. The molecule has 0 aliphatic rings. The van der Waals surface area contributed by atoms with Crippen LogP contribution >= 0.6 is 0 Å². The fraction of sp³-hybridized carbons (Fsp3) is 0.190. The first-order valence-electron chi connectivity index (χ1n) is 8.35. The molecule has 2 aromatic rings. The molecule has 0 heterocycles. The van der Waals surface area contributed by atoms with Crippen molar-refractivity contribution in [3.05, 3.63) is 76.6 Å². The Morgan fingerprint density at radius 2 is 1.89 bits per heavy atom. The van der Waals surface area contributed by atoms with Crippen LogP contribution in [0.5, 0.6) is 0 Å². The molecule has 0 unspecified atom stereocenters. The highest BCUT2D eigenvalue weighted by Crippen LogP contribution is 2.09. The largest absolute Gasteiger partial charge is 0.451 e. The van der Waals surface area contributed by atoms with Crippen molar-refractivity contribution >= 4 is 18.0 Å². The van der Waals surface area contributed by atoms with Crippen LogP contribution < -0.4 is 5.32 Å². The summed E-state index contributed by atoms with van der Waals surface area (Å²) >= 11 is 0. The van der Waals surface area contributed by atoms with Gasteiger partial charge in [-0.05, 0) is 36.6 Å². The van der Waals surface area contributed by atoms with E-state index in [1.54, 1.807) is 36.4 Å². The number of hydrogen-bond acceptors (Lipinski definition) is 4. The Morgan fingerprint density at radius 3 is 2.56 bits per heavy atom. The highest BCUT2D eigenvalue weighted by molar-refractivity contribution is 5.98. The van der Waals surface area contributed by atoms with Crippen molar-refractivity contribution in [1.82, 2.24) is 5.32 Å². The number of halogens is 1. The summed E-state index contributed by atoms with van der Waals surface area (Å²) in [5, 5.41) is 11.7. The zero-order chi connectivity index (χ0) is 19.6. The van der Waals surface area contributed by atoms with Crippen molar-refractivity contribution in [2.75, 3.05) is 13.2 Å². The lowest BCUT2D eigenvalue weighted by atomic mass is 10.1. The second-order valence-electron chi connectivity index (χ2n) is 5.85. The number of aryl methyl sites for hydroxylation is 1. The minimum Gasteiger partial charge on any atom is -0.451 e. The molecule has 0 spiro atoms. The molecule has 2 rings (SSSR count). The van der Waals surface area contributed by atoms with E-state index in [9.17, 15) is 14.0 Å². The van der Waals surface area contributed by atoms with Gasteiger partial charge < -0.3 is 10.1 Å². The number of nitrogens with zero attached hydrogens (tertiary/aromatic N) is 1.